The van der Waals surface area contributed by atoms with Crippen molar-refractivity contribution in [2.75, 3.05) is 24.4 Å². The summed E-state index contributed by atoms with van der Waals surface area (Å²) in [6.07, 6.45) is 1.60. The van der Waals surface area contributed by atoms with Gasteiger partial charge >= 0.3 is 0 Å². The molecule has 1 saturated heterocycles. The predicted molar refractivity (Wildman–Crippen MR) is 138 cm³/mol. The molecule has 0 radical (unpaired) electrons. The van der Waals surface area contributed by atoms with Gasteiger partial charge in [-0.05, 0) is 79.7 Å². The molecule has 0 unspecified atom stereocenters. The van der Waals surface area contributed by atoms with Gasteiger partial charge in [0, 0.05) is 22.6 Å². The summed E-state index contributed by atoms with van der Waals surface area (Å²) >= 11 is 0.770. The number of hydrogen-bond acceptors (Lipinski definition) is 6. The standard InChI is InChI=1S/C26H24N4O5S/c1-16-13-19(17(2)30(16)28-24(32)18-7-5-4-6-8-18)14-22-25(33)29(26(34)36-22)15-23(31)27-20-9-11-21(35-3)12-10-20/h4-14H,15H2,1-3H3,(H,27,31)(H,28,32)/b22-14-. The maximum absolute atomic E-state index is 12.9. The Balaban J connectivity index is 1.45. The Morgan fingerprint density at radius 2 is 1.72 bits per heavy atom. The molecule has 36 heavy (non-hydrogen) atoms. The van der Waals surface area contributed by atoms with Crippen molar-refractivity contribution in [3.63, 3.8) is 0 Å². The molecular weight excluding hydrogens is 480 g/mol. The number of hydrogen-bond donors (Lipinski definition) is 2. The second-order valence-corrected chi connectivity index (χ2v) is 9.01. The van der Waals surface area contributed by atoms with Crippen LogP contribution in [0.4, 0.5) is 10.5 Å². The van der Waals surface area contributed by atoms with E-state index in [-0.39, 0.29) is 10.8 Å². The molecule has 0 bridgehead atoms. The minimum atomic E-state index is -0.548. The Hall–Kier alpha value is -4.31. The van der Waals surface area contributed by atoms with Crippen molar-refractivity contribution >= 4 is 46.5 Å². The average molecular weight is 505 g/mol. The molecule has 9 nitrogen and oxygen atoms in total. The van der Waals surface area contributed by atoms with Gasteiger partial charge in [-0.2, -0.15) is 0 Å². The first-order valence-electron chi connectivity index (χ1n) is 11.0. The molecule has 10 heteroatoms. The van der Waals surface area contributed by atoms with Crippen molar-refractivity contribution in [3.05, 3.63) is 88.1 Å². The lowest BCUT2D eigenvalue weighted by Crippen LogP contribution is -2.36. The number of thioether (sulfide) groups is 1. The van der Waals surface area contributed by atoms with Gasteiger partial charge < -0.3 is 10.1 Å². The van der Waals surface area contributed by atoms with Crippen LogP contribution in [-0.2, 0) is 9.59 Å². The van der Waals surface area contributed by atoms with Gasteiger partial charge in [-0.1, -0.05) is 18.2 Å². The van der Waals surface area contributed by atoms with Crippen molar-refractivity contribution in [2.45, 2.75) is 13.8 Å². The number of benzene rings is 2. The van der Waals surface area contributed by atoms with Gasteiger partial charge in [0.2, 0.25) is 5.91 Å². The van der Waals surface area contributed by atoms with Crippen LogP contribution in [0.15, 0.2) is 65.6 Å². The van der Waals surface area contributed by atoms with Crippen molar-refractivity contribution in [1.82, 2.24) is 9.58 Å². The van der Waals surface area contributed by atoms with Gasteiger partial charge in [-0.3, -0.25) is 34.2 Å². The lowest BCUT2D eigenvalue weighted by Gasteiger charge is -2.12. The molecule has 4 rings (SSSR count). The maximum atomic E-state index is 12.9. The lowest BCUT2D eigenvalue weighted by molar-refractivity contribution is -0.127. The van der Waals surface area contributed by atoms with Crippen LogP contribution < -0.4 is 15.5 Å². The van der Waals surface area contributed by atoms with Crippen LogP contribution >= 0.6 is 11.8 Å². The molecule has 4 amide bonds. The van der Waals surface area contributed by atoms with Crippen LogP contribution in [0.25, 0.3) is 6.08 Å². The van der Waals surface area contributed by atoms with E-state index in [0.29, 0.717) is 28.3 Å². The molecule has 0 atom stereocenters. The van der Waals surface area contributed by atoms with Crippen LogP contribution in [0.3, 0.4) is 0 Å². The molecule has 0 spiro atoms. The molecule has 2 aromatic carbocycles. The number of aryl methyl sites for hydroxylation is 1. The van der Waals surface area contributed by atoms with Crippen LogP contribution in [0.2, 0.25) is 0 Å². The van der Waals surface area contributed by atoms with Crippen LogP contribution in [0, 0.1) is 13.8 Å². The number of imide groups is 1. The molecule has 2 heterocycles. The Morgan fingerprint density at radius 1 is 1.03 bits per heavy atom. The Bertz CT molecular complexity index is 1360. The molecule has 1 aromatic heterocycles. The van der Waals surface area contributed by atoms with E-state index in [0.717, 1.165) is 22.4 Å². The third kappa shape index (κ3) is 5.33. The van der Waals surface area contributed by atoms with E-state index < -0.39 is 23.6 Å². The number of ether oxygens (including phenoxy) is 1. The Morgan fingerprint density at radius 3 is 2.39 bits per heavy atom. The number of anilines is 1. The van der Waals surface area contributed by atoms with Crippen molar-refractivity contribution in [1.29, 1.82) is 0 Å². The molecule has 0 aliphatic carbocycles. The molecule has 1 fully saturated rings. The fourth-order valence-electron chi connectivity index (χ4n) is 3.66. The van der Waals surface area contributed by atoms with Crippen LogP contribution in [0.1, 0.15) is 27.3 Å². The average Bonchev–Trinajstić information content (AvgIpc) is 3.29. The monoisotopic (exact) mass is 504 g/mol. The highest BCUT2D eigenvalue weighted by atomic mass is 32.2. The number of carbonyl (C=O) groups excluding carboxylic acids is 4. The number of methoxy groups -OCH3 is 1. The number of rotatable bonds is 7. The second-order valence-electron chi connectivity index (χ2n) is 8.01. The molecule has 3 aromatic rings. The molecule has 184 valence electrons. The van der Waals surface area contributed by atoms with Crippen molar-refractivity contribution in [2.24, 2.45) is 0 Å². The molecular formula is C26H24N4O5S. The fourth-order valence-corrected chi connectivity index (χ4v) is 4.49. The molecule has 1 aliphatic rings. The van der Waals surface area contributed by atoms with Gasteiger partial charge in [-0.15, -0.1) is 0 Å². The smallest absolute Gasteiger partial charge is 0.294 e. The largest absolute Gasteiger partial charge is 0.497 e. The maximum Gasteiger partial charge on any atom is 0.294 e. The molecule has 0 saturated carbocycles. The third-order valence-corrected chi connectivity index (χ3v) is 6.46. The van der Waals surface area contributed by atoms with Crippen molar-refractivity contribution < 1.29 is 23.9 Å². The first-order valence-corrected chi connectivity index (χ1v) is 11.8. The molecule has 1 aliphatic heterocycles. The summed E-state index contributed by atoms with van der Waals surface area (Å²) in [5.41, 5.74) is 6.00. The molecule has 2 N–H and O–H groups in total. The SMILES string of the molecule is COc1ccc(NC(=O)CN2C(=O)S/C(=C\c3cc(C)n(NC(=O)c4ccccc4)c3C)C2=O)cc1. The summed E-state index contributed by atoms with van der Waals surface area (Å²) in [5.74, 6) is -0.672. The number of carbonyl (C=O) groups is 4. The van der Waals surface area contributed by atoms with E-state index in [1.165, 1.54) is 0 Å². The topological polar surface area (TPSA) is 110 Å². The highest BCUT2D eigenvalue weighted by molar-refractivity contribution is 8.18. The first kappa shape index (κ1) is 24.8. The van der Waals surface area contributed by atoms with Crippen LogP contribution in [0.5, 0.6) is 5.75 Å². The quantitative estimate of drug-likeness (QED) is 0.468. The number of aromatic nitrogens is 1. The van der Waals surface area contributed by atoms with E-state index in [1.807, 2.05) is 19.1 Å². The van der Waals surface area contributed by atoms with E-state index >= 15 is 0 Å². The van der Waals surface area contributed by atoms with E-state index in [4.69, 9.17) is 4.74 Å². The Labute approximate surface area is 212 Å². The van der Waals surface area contributed by atoms with Crippen LogP contribution in [-0.4, -0.2) is 46.2 Å². The minimum absolute atomic E-state index is 0.201. The first-order chi connectivity index (χ1) is 17.3. The predicted octanol–water partition coefficient (Wildman–Crippen LogP) is 4.17. The lowest BCUT2D eigenvalue weighted by atomic mass is 10.2. The van der Waals surface area contributed by atoms with E-state index in [2.05, 4.69) is 10.7 Å². The fraction of sp³-hybridized carbons (Fsp3) is 0.154. The highest BCUT2D eigenvalue weighted by Gasteiger charge is 2.36. The zero-order chi connectivity index (χ0) is 25.8. The van der Waals surface area contributed by atoms with Crippen molar-refractivity contribution in [3.8, 4) is 5.75 Å². The summed E-state index contributed by atoms with van der Waals surface area (Å²) in [6.45, 7) is 3.22. The zero-order valence-electron chi connectivity index (χ0n) is 19.9. The zero-order valence-corrected chi connectivity index (χ0v) is 20.7. The Kier molecular flexibility index (Phi) is 7.25. The van der Waals surface area contributed by atoms with Gasteiger partial charge in [0.15, 0.2) is 0 Å². The van der Waals surface area contributed by atoms with E-state index in [9.17, 15) is 19.2 Å². The number of nitrogens with zero attached hydrogens (tertiary/aromatic N) is 2. The summed E-state index contributed by atoms with van der Waals surface area (Å²) < 4.78 is 6.72. The summed E-state index contributed by atoms with van der Waals surface area (Å²) in [6, 6.07) is 17.3. The summed E-state index contributed by atoms with van der Waals surface area (Å²) in [5, 5.41) is 2.14. The number of amides is 4. The highest BCUT2D eigenvalue weighted by Crippen LogP contribution is 2.33. The normalized spacial score (nSPS) is 14.3. The minimum Gasteiger partial charge on any atom is -0.497 e. The van der Waals surface area contributed by atoms with Gasteiger partial charge in [0.25, 0.3) is 17.1 Å². The van der Waals surface area contributed by atoms with E-state index in [1.54, 1.807) is 73.3 Å². The van der Waals surface area contributed by atoms with Gasteiger partial charge in [0.1, 0.15) is 12.3 Å². The third-order valence-electron chi connectivity index (χ3n) is 5.56. The van der Waals surface area contributed by atoms with Gasteiger partial charge in [-0.25, -0.2) is 0 Å². The summed E-state index contributed by atoms with van der Waals surface area (Å²) in [7, 11) is 1.54. The summed E-state index contributed by atoms with van der Waals surface area (Å²) in [4.78, 5) is 51.5. The van der Waals surface area contributed by atoms with Gasteiger partial charge in [0.05, 0.1) is 12.0 Å². The second kappa shape index (κ2) is 10.5. The number of nitrogens with one attached hydrogen (secondary N) is 2.